The summed E-state index contributed by atoms with van der Waals surface area (Å²) in [5.41, 5.74) is 6.03. The van der Waals surface area contributed by atoms with Gasteiger partial charge in [0.1, 0.15) is 0 Å². The van der Waals surface area contributed by atoms with Crippen molar-refractivity contribution in [3.8, 4) is 5.75 Å². The second-order valence-electron chi connectivity index (χ2n) is 7.74. The molecule has 152 valence electrons. The molecular weight excluding hydrogens is 381 g/mol. The summed E-state index contributed by atoms with van der Waals surface area (Å²) in [5, 5.41) is 2.35. The highest BCUT2D eigenvalue weighted by Crippen LogP contribution is 2.35. The number of nitrogens with zero attached hydrogens (tertiary/aromatic N) is 2. The molecule has 30 heavy (non-hydrogen) atoms. The van der Waals surface area contributed by atoms with E-state index in [1.165, 1.54) is 29.5 Å². The summed E-state index contributed by atoms with van der Waals surface area (Å²) in [4.78, 5) is 22.3. The van der Waals surface area contributed by atoms with Gasteiger partial charge >= 0.3 is 0 Å². The first-order valence-electron chi connectivity index (χ1n) is 10.0. The van der Waals surface area contributed by atoms with Crippen molar-refractivity contribution in [3.63, 3.8) is 0 Å². The molecule has 5 rings (SSSR count). The minimum Gasteiger partial charge on any atom is -0.494 e. The van der Waals surface area contributed by atoms with E-state index in [1.807, 2.05) is 17.0 Å². The Labute approximate surface area is 173 Å². The Morgan fingerprint density at radius 1 is 1.27 bits per heavy atom. The van der Waals surface area contributed by atoms with Gasteiger partial charge in [-0.3, -0.25) is 9.78 Å². The summed E-state index contributed by atoms with van der Waals surface area (Å²) in [6.45, 7) is 2.81. The molecule has 2 aromatic heterocycles. The van der Waals surface area contributed by atoms with Crippen LogP contribution in [0.15, 0.2) is 42.5 Å². The van der Waals surface area contributed by atoms with Crippen LogP contribution in [0.3, 0.4) is 0 Å². The fraction of sp³-hybridized carbons (Fsp3) is 0.250. The second kappa shape index (κ2) is 7.13. The van der Waals surface area contributed by atoms with Crippen molar-refractivity contribution in [1.82, 2.24) is 14.9 Å². The van der Waals surface area contributed by atoms with Crippen LogP contribution >= 0.6 is 0 Å². The van der Waals surface area contributed by atoms with Gasteiger partial charge in [0.25, 0.3) is 0 Å². The van der Waals surface area contributed by atoms with Crippen molar-refractivity contribution >= 4 is 27.7 Å². The van der Waals surface area contributed by atoms with Gasteiger partial charge in [0.2, 0.25) is 5.91 Å². The van der Waals surface area contributed by atoms with Crippen molar-refractivity contribution < 1.29 is 13.9 Å². The van der Waals surface area contributed by atoms with E-state index in [0.29, 0.717) is 19.5 Å². The standard InChI is InChI=1S/C24H22FN3O2/c1-14(29)28-10-9-17-21(13-28)26-20(11-15-7-8-18(25)22(12-15)30-2)24-23(17)16-5-3-4-6-19(16)27-24/h3-8,12,27H,9-11,13H2,1-2H3. The number of H-pyrrole nitrogens is 1. The van der Waals surface area contributed by atoms with Crippen molar-refractivity contribution in [3.05, 3.63) is 70.8 Å². The third-order valence-corrected chi connectivity index (χ3v) is 5.92. The number of aromatic amines is 1. The molecule has 1 N–H and O–H groups in total. The number of para-hydroxylation sites is 1. The Bertz CT molecular complexity index is 1290. The SMILES string of the molecule is COc1cc(Cc2nc3c(c4c2[nH]c2ccccc24)CCN(C(C)=O)C3)ccc1F. The molecule has 6 heteroatoms. The maximum absolute atomic E-state index is 13.9. The highest BCUT2D eigenvalue weighted by molar-refractivity contribution is 6.10. The second-order valence-corrected chi connectivity index (χ2v) is 7.74. The smallest absolute Gasteiger partial charge is 0.219 e. The molecule has 5 nitrogen and oxygen atoms in total. The quantitative estimate of drug-likeness (QED) is 0.553. The van der Waals surface area contributed by atoms with Crippen LogP contribution in [0.1, 0.15) is 29.4 Å². The lowest BCUT2D eigenvalue weighted by molar-refractivity contribution is -0.129. The van der Waals surface area contributed by atoms with Crippen LogP contribution in [0.25, 0.3) is 21.8 Å². The molecule has 0 atom stereocenters. The lowest BCUT2D eigenvalue weighted by atomic mass is 9.96. The maximum atomic E-state index is 13.9. The zero-order valence-corrected chi connectivity index (χ0v) is 17.0. The molecule has 1 aliphatic rings. The summed E-state index contributed by atoms with van der Waals surface area (Å²) in [7, 11) is 1.46. The fourth-order valence-electron chi connectivity index (χ4n) is 4.41. The first kappa shape index (κ1) is 18.6. The average Bonchev–Trinajstić information content (AvgIpc) is 3.15. The Balaban J connectivity index is 1.70. The normalized spacial score (nSPS) is 13.6. The van der Waals surface area contributed by atoms with Crippen LogP contribution < -0.4 is 4.74 Å². The third kappa shape index (κ3) is 3.00. The summed E-state index contributed by atoms with van der Waals surface area (Å²) >= 11 is 0. The molecule has 1 aliphatic heterocycles. The summed E-state index contributed by atoms with van der Waals surface area (Å²) in [5.74, 6) is -0.0973. The van der Waals surface area contributed by atoms with Crippen LogP contribution in [0.4, 0.5) is 4.39 Å². The maximum Gasteiger partial charge on any atom is 0.219 e. The number of fused-ring (bicyclic) bond motifs is 5. The van der Waals surface area contributed by atoms with Crippen molar-refractivity contribution in [1.29, 1.82) is 0 Å². The number of nitrogens with one attached hydrogen (secondary N) is 1. The molecule has 0 bridgehead atoms. The molecular formula is C24H22FN3O2. The molecule has 2 aromatic carbocycles. The highest BCUT2D eigenvalue weighted by Gasteiger charge is 2.25. The van der Waals surface area contributed by atoms with Gasteiger partial charge in [-0.05, 0) is 35.7 Å². The zero-order valence-electron chi connectivity index (χ0n) is 17.0. The topological polar surface area (TPSA) is 58.2 Å². The Hall–Kier alpha value is -3.41. The van der Waals surface area contributed by atoms with Gasteiger partial charge in [0, 0.05) is 36.2 Å². The highest BCUT2D eigenvalue weighted by atomic mass is 19.1. The number of benzene rings is 2. The van der Waals surface area contributed by atoms with E-state index in [1.54, 1.807) is 19.1 Å². The number of amides is 1. The van der Waals surface area contributed by atoms with E-state index in [2.05, 4.69) is 17.1 Å². The largest absolute Gasteiger partial charge is 0.494 e. The zero-order chi connectivity index (χ0) is 20.8. The molecule has 3 heterocycles. The van der Waals surface area contributed by atoms with Crippen molar-refractivity contribution in [2.45, 2.75) is 26.3 Å². The van der Waals surface area contributed by atoms with Crippen LogP contribution in [-0.4, -0.2) is 34.4 Å². The van der Waals surface area contributed by atoms with Gasteiger partial charge in [-0.15, -0.1) is 0 Å². The Kier molecular flexibility index (Phi) is 4.42. The number of hydrogen-bond acceptors (Lipinski definition) is 3. The number of pyridine rings is 1. The molecule has 0 spiro atoms. The summed E-state index contributed by atoms with van der Waals surface area (Å²) in [6, 6.07) is 13.1. The summed E-state index contributed by atoms with van der Waals surface area (Å²) in [6.07, 6.45) is 1.32. The van der Waals surface area contributed by atoms with Crippen LogP contribution in [0.2, 0.25) is 0 Å². The lowest BCUT2D eigenvalue weighted by Crippen LogP contribution is -2.35. The molecule has 0 unspecified atom stereocenters. The predicted octanol–water partition coefficient (Wildman–Crippen LogP) is 4.36. The van der Waals surface area contributed by atoms with Gasteiger partial charge in [-0.25, -0.2) is 4.39 Å². The number of carbonyl (C=O) groups is 1. The average molecular weight is 403 g/mol. The van der Waals surface area contributed by atoms with Gasteiger partial charge in [-0.2, -0.15) is 0 Å². The van der Waals surface area contributed by atoms with Gasteiger partial charge in [0.05, 0.1) is 30.6 Å². The van der Waals surface area contributed by atoms with Crippen LogP contribution in [0, 0.1) is 5.82 Å². The Morgan fingerprint density at radius 3 is 2.90 bits per heavy atom. The van der Waals surface area contributed by atoms with E-state index in [-0.39, 0.29) is 17.5 Å². The van der Waals surface area contributed by atoms with E-state index in [0.717, 1.165) is 34.4 Å². The molecule has 0 fully saturated rings. The molecule has 0 aliphatic carbocycles. The number of hydrogen-bond donors (Lipinski definition) is 1. The summed E-state index contributed by atoms with van der Waals surface area (Å²) < 4.78 is 19.0. The van der Waals surface area contributed by atoms with Gasteiger partial charge in [-0.1, -0.05) is 24.3 Å². The molecule has 0 saturated carbocycles. The first-order valence-corrected chi connectivity index (χ1v) is 10.0. The van der Waals surface area contributed by atoms with E-state index < -0.39 is 0 Å². The van der Waals surface area contributed by atoms with Crippen LogP contribution in [-0.2, 0) is 24.2 Å². The minimum atomic E-state index is -0.382. The number of methoxy groups -OCH3 is 1. The van der Waals surface area contributed by atoms with Gasteiger partial charge in [0.15, 0.2) is 11.6 Å². The number of rotatable bonds is 3. The lowest BCUT2D eigenvalue weighted by Gasteiger charge is -2.28. The molecule has 1 amide bonds. The first-order chi connectivity index (χ1) is 14.5. The Morgan fingerprint density at radius 2 is 2.10 bits per heavy atom. The van der Waals surface area contributed by atoms with Crippen LogP contribution in [0.5, 0.6) is 5.75 Å². The monoisotopic (exact) mass is 403 g/mol. The third-order valence-electron chi connectivity index (χ3n) is 5.92. The molecule has 0 radical (unpaired) electrons. The minimum absolute atomic E-state index is 0.0614. The number of halogens is 1. The fourth-order valence-corrected chi connectivity index (χ4v) is 4.41. The van der Waals surface area contributed by atoms with Crippen molar-refractivity contribution in [2.75, 3.05) is 13.7 Å². The number of carbonyl (C=O) groups excluding carboxylic acids is 1. The van der Waals surface area contributed by atoms with E-state index in [9.17, 15) is 9.18 Å². The molecule has 0 saturated heterocycles. The van der Waals surface area contributed by atoms with Gasteiger partial charge < -0.3 is 14.6 Å². The molecule has 4 aromatic rings. The number of aromatic nitrogens is 2. The predicted molar refractivity (Wildman–Crippen MR) is 114 cm³/mol. The number of ether oxygens (including phenoxy) is 1. The van der Waals surface area contributed by atoms with E-state index in [4.69, 9.17) is 9.72 Å². The van der Waals surface area contributed by atoms with Crippen molar-refractivity contribution in [2.24, 2.45) is 0 Å². The van der Waals surface area contributed by atoms with E-state index >= 15 is 0 Å².